The maximum Gasteiger partial charge on any atom is 0.407 e. The van der Waals surface area contributed by atoms with Gasteiger partial charge >= 0.3 is 12.1 Å². The van der Waals surface area contributed by atoms with Crippen LogP contribution in [-0.2, 0) is 36.9 Å². The Kier molecular flexibility index (Phi) is 18.9. The Morgan fingerprint density at radius 3 is 2.17 bits per heavy atom. The van der Waals surface area contributed by atoms with Crippen LogP contribution in [0, 0.1) is 11.8 Å². The first-order valence-corrected chi connectivity index (χ1v) is 16.3. The molecular weight excluding hydrogens is 598 g/mol. The molecule has 2 aromatic rings. The molecule has 2 aromatic carbocycles. The van der Waals surface area contributed by atoms with Crippen molar-refractivity contribution in [2.24, 2.45) is 11.8 Å². The number of esters is 1. The molecule has 256 valence electrons. The fraction of sp³-hybridized carbons (Fsp3) is 0.459. The van der Waals surface area contributed by atoms with Gasteiger partial charge in [-0.05, 0) is 63.0 Å². The van der Waals surface area contributed by atoms with E-state index < -0.39 is 24.1 Å². The van der Waals surface area contributed by atoms with E-state index in [1.54, 1.807) is 19.1 Å². The largest absolute Gasteiger partial charge is 0.463 e. The number of amides is 3. The SMILES string of the molecule is C=CCC[C@H](Cc1ccccc1)C(=O)OC[C@H](CCCCNC(=O)OCc1ccccc1)NC(=O)[C@@H](CC=C)CC(=O)N[C@H](C)CO. The lowest BCUT2D eigenvalue weighted by atomic mass is 9.95. The fourth-order valence-corrected chi connectivity index (χ4v) is 4.91. The molecule has 47 heavy (non-hydrogen) atoms. The summed E-state index contributed by atoms with van der Waals surface area (Å²) in [5.74, 6) is -2.11. The molecule has 0 spiro atoms. The van der Waals surface area contributed by atoms with Crippen LogP contribution in [0.5, 0.6) is 0 Å². The van der Waals surface area contributed by atoms with Gasteiger partial charge in [-0.1, -0.05) is 72.8 Å². The molecule has 0 saturated carbocycles. The summed E-state index contributed by atoms with van der Waals surface area (Å²) in [5.41, 5.74) is 1.92. The van der Waals surface area contributed by atoms with Gasteiger partial charge in [-0.25, -0.2) is 4.79 Å². The molecule has 0 aliphatic heterocycles. The van der Waals surface area contributed by atoms with Gasteiger partial charge in [-0.15, -0.1) is 13.2 Å². The molecule has 0 aliphatic carbocycles. The number of unbranched alkanes of at least 4 members (excludes halogenated alkanes) is 1. The van der Waals surface area contributed by atoms with E-state index in [1.807, 2.05) is 60.7 Å². The number of allylic oxidation sites excluding steroid dienone is 2. The van der Waals surface area contributed by atoms with Crippen molar-refractivity contribution in [2.75, 3.05) is 19.8 Å². The van der Waals surface area contributed by atoms with Gasteiger partial charge in [0, 0.05) is 19.0 Å². The fourth-order valence-electron chi connectivity index (χ4n) is 4.91. The molecule has 3 amide bonds. The van der Waals surface area contributed by atoms with Crippen LogP contribution < -0.4 is 16.0 Å². The normalized spacial score (nSPS) is 13.2. The van der Waals surface area contributed by atoms with Crippen LogP contribution in [0.2, 0.25) is 0 Å². The van der Waals surface area contributed by atoms with E-state index in [0.29, 0.717) is 45.1 Å². The number of carbonyl (C=O) groups excluding carboxylic acids is 4. The number of aliphatic hydroxyl groups excluding tert-OH is 1. The molecule has 0 heterocycles. The van der Waals surface area contributed by atoms with Gasteiger partial charge in [-0.3, -0.25) is 14.4 Å². The molecule has 4 N–H and O–H groups in total. The van der Waals surface area contributed by atoms with Crippen molar-refractivity contribution >= 4 is 23.9 Å². The first-order chi connectivity index (χ1) is 22.7. The summed E-state index contributed by atoms with van der Waals surface area (Å²) in [7, 11) is 0. The Bertz CT molecular complexity index is 1240. The van der Waals surface area contributed by atoms with Crippen LogP contribution in [0.15, 0.2) is 86.0 Å². The van der Waals surface area contributed by atoms with Gasteiger partial charge in [0.05, 0.1) is 24.5 Å². The van der Waals surface area contributed by atoms with Crippen LogP contribution >= 0.6 is 0 Å². The lowest BCUT2D eigenvalue weighted by Crippen LogP contribution is -2.44. The Balaban J connectivity index is 2.00. The number of ether oxygens (including phenoxy) is 2. The van der Waals surface area contributed by atoms with E-state index in [1.165, 1.54) is 0 Å². The summed E-state index contributed by atoms with van der Waals surface area (Å²) in [6.45, 7) is 9.47. The summed E-state index contributed by atoms with van der Waals surface area (Å²) < 4.78 is 11.0. The maximum atomic E-state index is 13.3. The van der Waals surface area contributed by atoms with Gasteiger partial charge in [0.25, 0.3) is 0 Å². The molecule has 0 aromatic heterocycles. The number of nitrogens with one attached hydrogen (secondary N) is 3. The molecule has 0 unspecified atom stereocenters. The second-order valence-electron chi connectivity index (χ2n) is 11.6. The van der Waals surface area contributed by atoms with Crippen molar-refractivity contribution in [1.29, 1.82) is 0 Å². The summed E-state index contributed by atoms with van der Waals surface area (Å²) in [6.07, 6.45) is 6.51. The molecule has 0 bridgehead atoms. The zero-order valence-corrected chi connectivity index (χ0v) is 27.5. The molecule has 2 rings (SSSR count). The molecule has 10 heteroatoms. The standard InChI is InChI=1S/C37H51N3O7/c1-4-6-20-32(23-29-16-9-7-10-17-29)36(44)46-27-33(40-35(43)31(15-5-2)24-34(42)39-28(3)25-41)21-13-14-22-38-37(45)47-26-30-18-11-8-12-19-30/h4-5,7-12,16-19,28,31-33,41H,1-2,6,13-15,20-27H2,3H3,(H,38,45)(H,39,42)(H,40,43)/t28-,31+,32-,33+/m1/s1. The Morgan fingerprint density at radius 2 is 1.53 bits per heavy atom. The molecular formula is C37H51N3O7. The average molecular weight is 650 g/mol. The van der Waals surface area contributed by atoms with Crippen molar-refractivity contribution in [3.63, 3.8) is 0 Å². The molecule has 10 nitrogen and oxygen atoms in total. The molecule has 0 aliphatic rings. The van der Waals surface area contributed by atoms with Crippen LogP contribution in [0.1, 0.15) is 63.0 Å². The maximum absolute atomic E-state index is 13.3. The summed E-state index contributed by atoms with van der Waals surface area (Å²) in [5, 5.41) is 17.6. The van der Waals surface area contributed by atoms with E-state index in [9.17, 15) is 24.3 Å². The third-order valence-electron chi connectivity index (χ3n) is 7.55. The predicted octanol–water partition coefficient (Wildman–Crippen LogP) is 5.02. The predicted molar refractivity (Wildman–Crippen MR) is 182 cm³/mol. The number of hydrogen-bond acceptors (Lipinski definition) is 7. The number of carbonyl (C=O) groups is 4. The smallest absolute Gasteiger partial charge is 0.407 e. The highest BCUT2D eigenvalue weighted by Gasteiger charge is 2.26. The van der Waals surface area contributed by atoms with Crippen molar-refractivity contribution < 1.29 is 33.8 Å². The number of hydrogen-bond donors (Lipinski definition) is 4. The first-order valence-electron chi connectivity index (χ1n) is 16.3. The van der Waals surface area contributed by atoms with Crippen molar-refractivity contribution in [3.8, 4) is 0 Å². The van der Waals surface area contributed by atoms with Gasteiger partial charge in [-0.2, -0.15) is 0 Å². The van der Waals surface area contributed by atoms with Crippen molar-refractivity contribution in [2.45, 2.75) is 77.0 Å². The Hall–Kier alpha value is -4.44. The molecule has 0 saturated heterocycles. The third-order valence-corrected chi connectivity index (χ3v) is 7.55. The Labute approximate surface area is 279 Å². The average Bonchev–Trinajstić information content (AvgIpc) is 3.08. The monoisotopic (exact) mass is 649 g/mol. The van der Waals surface area contributed by atoms with E-state index in [-0.39, 0.29) is 56.4 Å². The van der Waals surface area contributed by atoms with Gasteiger partial charge in [0.15, 0.2) is 0 Å². The highest BCUT2D eigenvalue weighted by molar-refractivity contribution is 5.86. The minimum Gasteiger partial charge on any atom is -0.463 e. The molecule has 0 fully saturated rings. The zero-order chi connectivity index (χ0) is 34.3. The number of rotatable bonds is 23. The topological polar surface area (TPSA) is 143 Å². The third kappa shape index (κ3) is 16.6. The highest BCUT2D eigenvalue weighted by Crippen LogP contribution is 2.18. The second-order valence-corrected chi connectivity index (χ2v) is 11.6. The first kappa shape index (κ1) is 38.7. The van der Waals surface area contributed by atoms with Gasteiger partial charge in [0.2, 0.25) is 11.8 Å². The number of alkyl carbamates (subject to hydrolysis) is 1. The van der Waals surface area contributed by atoms with Crippen LogP contribution in [-0.4, -0.2) is 60.8 Å². The summed E-state index contributed by atoms with van der Waals surface area (Å²) in [6, 6.07) is 18.2. The van der Waals surface area contributed by atoms with E-state index in [4.69, 9.17) is 9.47 Å². The van der Waals surface area contributed by atoms with Crippen LogP contribution in [0.25, 0.3) is 0 Å². The molecule has 4 atom stereocenters. The number of aliphatic hydroxyl groups is 1. The lowest BCUT2D eigenvalue weighted by Gasteiger charge is -2.24. The summed E-state index contributed by atoms with van der Waals surface area (Å²) in [4.78, 5) is 51.2. The highest BCUT2D eigenvalue weighted by atomic mass is 16.5. The minimum absolute atomic E-state index is 0.0367. The van der Waals surface area contributed by atoms with Gasteiger partial charge in [0.1, 0.15) is 13.2 Å². The quantitative estimate of drug-likeness (QED) is 0.0753. The second kappa shape index (κ2) is 23.0. The van der Waals surface area contributed by atoms with E-state index in [2.05, 4.69) is 29.1 Å². The van der Waals surface area contributed by atoms with E-state index >= 15 is 0 Å². The van der Waals surface area contributed by atoms with Crippen molar-refractivity contribution in [3.05, 3.63) is 97.1 Å². The van der Waals surface area contributed by atoms with Crippen LogP contribution in [0.3, 0.4) is 0 Å². The summed E-state index contributed by atoms with van der Waals surface area (Å²) >= 11 is 0. The minimum atomic E-state index is -0.684. The van der Waals surface area contributed by atoms with E-state index in [0.717, 1.165) is 11.1 Å². The molecule has 0 radical (unpaired) electrons. The van der Waals surface area contributed by atoms with Gasteiger partial charge < -0.3 is 30.5 Å². The lowest BCUT2D eigenvalue weighted by molar-refractivity contribution is -0.150. The van der Waals surface area contributed by atoms with Crippen molar-refractivity contribution in [1.82, 2.24) is 16.0 Å². The Morgan fingerprint density at radius 1 is 0.851 bits per heavy atom. The zero-order valence-electron chi connectivity index (χ0n) is 27.5. The van der Waals surface area contributed by atoms with Crippen LogP contribution in [0.4, 0.5) is 4.79 Å². The number of benzene rings is 2.